The van der Waals surface area contributed by atoms with Crippen molar-refractivity contribution in [3.05, 3.63) is 64.7 Å². The van der Waals surface area contributed by atoms with Crippen LogP contribution in [0.2, 0.25) is 5.02 Å². The summed E-state index contributed by atoms with van der Waals surface area (Å²) in [5.74, 6) is -2.49. The highest BCUT2D eigenvalue weighted by Gasteiger charge is 2.23. The normalized spacial score (nSPS) is 11.4. The number of esters is 1. The van der Waals surface area contributed by atoms with Crippen LogP contribution in [0.25, 0.3) is 10.6 Å². The van der Waals surface area contributed by atoms with Gasteiger partial charge in [0.25, 0.3) is 0 Å². The first-order valence-electron chi connectivity index (χ1n) is 11.7. The van der Waals surface area contributed by atoms with Crippen molar-refractivity contribution in [3.8, 4) is 10.6 Å². The highest BCUT2D eigenvalue weighted by Crippen LogP contribution is 2.27. The van der Waals surface area contributed by atoms with E-state index in [1.807, 2.05) is 0 Å². The van der Waals surface area contributed by atoms with Gasteiger partial charge in [-0.3, -0.25) is 10.1 Å². The summed E-state index contributed by atoms with van der Waals surface area (Å²) in [5, 5.41) is 14.3. The number of aromatic nitrogens is 2. The first-order chi connectivity index (χ1) is 18.7. The maximum atomic E-state index is 13.9. The second kappa shape index (κ2) is 14.4. The quantitative estimate of drug-likeness (QED) is 0.297. The predicted octanol–water partition coefficient (Wildman–Crippen LogP) is 5.24. The van der Waals surface area contributed by atoms with Gasteiger partial charge in [0, 0.05) is 36.2 Å². The number of carbonyl (C=O) groups excluding carboxylic acids is 3. The first-order valence-corrected chi connectivity index (χ1v) is 12.9. The first kappa shape index (κ1) is 29.7. The lowest BCUT2D eigenvalue weighted by molar-refractivity contribution is -0.140. The Kier molecular flexibility index (Phi) is 10.9. The van der Waals surface area contributed by atoms with Gasteiger partial charge in [-0.2, -0.15) is 0 Å². The van der Waals surface area contributed by atoms with Crippen LogP contribution in [-0.2, 0) is 20.8 Å². The van der Waals surface area contributed by atoms with E-state index >= 15 is 0 Å². The maximum Gasteiger partial charge on any atom is 0.413 e. The Morgan fingerprint density at radius 1 is 1.13 bits per heavy atom. The molecule has 1 aromatic heterocycles. The average molecular weight is 582 g/mol. The zero-order valence-corrected chi connectivity index (χ0v) is 22.7. The van der Waals surface area contributed by atoms with Crippen molar-refractivity contribution in [2.75, 3.05) is 26.1 Å². The average Bonchev–Trinajstić information content (AvgIpc) is 3.39. The molecule has 0 aliphatic rings. The number of rotatable bonds is 11. The molecule has 1 atom stereocenters. The molecule has 0 unspecified atom stereocenters. The molecule has 0 fully saturated rings. The molecule has 0 radical (unpaired) electrons. The van der Waals surface area contributed by atoms with Crippen LogP contribution in [0.5, 0.6) is 0 Å². The second-order valence-electron chi connectivity index (χ2n) is 8.25. The number of nitrogens with zero attached hydrogens (tertiary/aromatic N) is 3. The fourth-order valence-corrected chi connectivity index (χ4v) is 4.26. The number of urea groups is 1. The fourth-order valence-electron chi connectivity index (χ4n) is 3.40. The molecule has 0 saturated heterocycles. The largest absolute Gasteiger partial charge is 0.469 e. The highest BCUT2D eigenvalue weighted by molar-refractivity contribution is 7.18. The Labute approximate surface area is 232 Å². The molecule has 10 nitrogen and oxygen atoms in total. The van der Waals surface area contributed by atoms with Crippen molar-refractivity contribution in [2.45, 2.75) is 31.8 Å². The molecular weight excluding hydrogens is 556 g/mol. The summed E-state index contributed by atoms with van der Waals surface area (Å²) in [6.07, 6.45) is -0.0802. The maximum absolute atomic E-state index is 13.9. The summed E-state index contributed by atoms with van der Waals surface area (Å²) < 4.78 is 37.3. The molecule has 208 valence electrons. The van der Waals surface area contributed by atoms with Crippen molar-refractivity contribution in [2.24, 2.45) is 0 Å². The summed E-state index contributed by atoms with van der Waals surface area (Å²) in [5.41, 5.74) is 0.749. The molecule has 2 N–H and O–H groups in total. The van der Waals surface area contributed by atoms with E-state index in [2.05, 4.69) is 25.6 Å². The zero-order chi connectivity index (χ0) is 28.4. The van der Waals surface area contributed by atoms with Gasteiger partial charge in [-0.1, -0.05) is 47.2 Å². The molecular formula is C25H26ClF2N5O5S. The van der Waals surface area contributed by atoms with Crippen molar-refractivity contribution < 1.29 is 32.6 Å². The van der Waals surface area contributed by atoms with E-state index in [1.165, 1.54) is 31.2 Å². The van der Waals surface area contributed by atoms with E-state index < -0.39 is 35.8 Å². The topological polar surface area (TPSA) is 123 Å². The van der Waals surface area contributed by atoms with Crippen LogP contribution in [-0.4, -0.2) is 60.0 Å². The van der Waals surface area contributed by atoms with Gasteiger partial charge in [0.05, 0.1) is 13.2 Å². The number of nitrogens with one attached hydrogen (secondary N) is 2. The summed E-state index contributed by atoms with van der Waals surface area (Å²) in [4.78, 5) is 37.9. The number of anilines is 1. The highest BCUT2D eigenvalue weighted by atomic mass is 35.5. The minimum Gasteiger partial charge on any atom is -0.469 e. The minimum absolute atomic E-state index is 0.0235. The van der Waals surface area contributed by atoms with Crippen LogP contribution in [0.4, 0.5) is 23.5 Å². The number of likely N-dealkylation sites (N-methyl/N-ethyl adjacent to an activating group) is 1. The zero-order valence-electron chi connectivity index (χ0n) is 21.1. The van der Waals surface area contributed by atoms with Crippen molar-refractivity contribution in [1.29, 1.82) is 0 Å². The Morgan fingerprint density at radius 2 is 1.87 bits per heavy atom. The summed E-state index contributed by atoms with van der Waals surface area (Å²) in [7, 11) is 2.73. The lowest BCUT2D eigenvalue weighted by Gasteiger charge is -2.28. The third kappa shape index (κ3) is 8.86. The molecule has 0 spiro atoms. The third-order valence-electron chi connectivity index (χ3n) is 5.61. The standard InChI is InChI=1S/C25H26ClF2N5O5S/c1-33(24(35)29-13-16-5-3-7-19(27)21(16)28)18(6-4-8-20(34)37-2)14-38-25(36)30-23-32-31-22(39-23)15-9-11-17(26)12-10-15/h3,5,7,9-12,18H,4,6,8,13-14H2,1-2H3,(H,29,35)(H,30,32,36)/t18-/m0/s1. The molecule has 0 aliphatic carbocycles. The fraction of sp³-hybridized carbons (Fsp3) is 0.320. The Balaban J connectivity index is 1.58. The van der Waals surface area contributed by atoms with Gasteiger partial charge in [0.2, 0.25) is 5.13 Å². The molecule has 0 bridgehead atoms. The Morgan fingerprint density at radius 3 is 2.59 bits per heavy atom. The number of hydrogen-bond donors (Lipinski definition) is 2. The predicted molar refractivity (Wildman–Crippen MR) is 141 cm³/mol. The van der Waals surface area contributed by atoms with Gasteiger partial charge in [-0.25, -0.2) is 18.4 Å². The van der Waals surface area contributed by atoms with Crippen molar-refractivity contribution >= 4 is 46.2 Å². The molecule has 0 saturated carbocycles. The van der Waals surface area contributed by atoms with E-state index in [9.17, 15) is 23.2 Å². The number of carbonyl (C=O) groups is 3. The lowest BCUT2D eigenvalue weighted by Crippen LogP contribution is -2.46. The van der Waals surface area contributed by atoms with E-state index in [1.54, 1.807) is 24.3 Å². The summed E-state index contributed by atoms with van der Waals surface area (Å²) >= 11 is 7.03. The number of ether oxygens (including phenoxy) is 2. The van der Waals surface area contributed by atoms with Gasteiger partial charge in [-0.15, -0.1) is 10.2 Å². The number of methoxy groups -OCH3 is 1. The summed E-state index contributed by atoms with van der Waals surface area (Å²) in [6, 6.07) is 9.38. The third-order valence-corrected chi connectivity index (χ3v) is 6.75. The van der Waals surface area contributed by atoms with Crippen LogP contribution in [0, 0.1) is 11.6 Å². The Hall–Kier alpha value is -3.84. The molecule has 39 heavy (non-hydrogen) atoms. The molecule has 14 heteroatoms. The minimum atomic E-state index is -1.05. The second-order valence-corrected chi connectivity index (χ2v) is 9.66. The van der Waals surface area contributed by atoms with Crippen molar-refractivity contribution in [3.63, 3.8) is 0 Å². The molecule has 3 aromatic rings. The van der Waals surface area contributed by atoms with Gasteiger partial charge in [0.15, 0.2) is 11.6 Å². The van der Waals surface area contributed by atoms with Crippen LogP contribution in [0.3, 0.4) is 0 Å². The van der Waals surface area contributed by atoms with Crippen molar-refractivity contribution in [1.82, 2.24) is 20.4 Å². The summed E-state index contributed by atoms with van der Waals surface area (Å²) in [6.45, 7) is -0.468. The van der Waals surface area contributed by atoms with E-state index in [4.69, 9.17) is 16.3 Å². The van der Waals surface area contributed by atoms with E-state index in [0.717, 1.165) is 23.0 Å². The van der Waals surface area contributed by atoms with Crippen LogP contribution in [0.1, 0.15) is 24.8 Å². The SMILES string of the molecule is COC(=O)CCC[C@@H](COC(=O)Nc1nnc(-c2ccc(Cl)cc2)s1)N(C)C(=O)NCc1cccc(F)c1F. The molecule has 3 rings (SSSR count). The van der Waals surface area contributed by atoms with Crippen LogP contribution >= 0.6 is 22.9 Å². The van der Waals surface area contributed by atoms with Gasteiger partial charge >= 0.3 is 18.1 Å². The number of halogens is 3. The lowest BCUT2D eigenvalue weighted by atomic mass is 10.1. The van der Waals surface area contributed by atoms with E-state index in [0.29, 0.717) is 22.9 Å². The number of amides is 3. The van der Waals surface area contributed by atoms with Gasteiger partial charge in [-0.05, 0) is 31.0 Å². The Bertz CT molecular complexity index is 1290. The molecule has 2 aromatic carbocycles. The number of hydrogen-bond acceptors (Lipinski definition) is 8. The van der Waals surface area contributed by atoms with Crippen LogP contribution in [0.15, 0.2) is 42.5 Å². The van der Waals surface area contributed by atoms with Gasteiger partial charge < -0.3 is 19.7 Å². The smallest absolute Gasteiger partial charge is 0.413 e. The molecule has 1 heterocycles. The van der Waals surface area contributed by atoms with E-state index in [-0.39, 0.29) is 30.3 Å². The molecule has 0 aliphatic heterocycles. The molecule has 3 amide bonds. The van der Waals surface area contributed by atoms with Crippen LogP contribution < -0.4 is 10.6 Å². The number of benzene rings is 2. The monoisotopic (exact) mass is 581 g/mol. The van der Waals surface area contributed by atoms with Gasteiger partial charge in [0.1, 0.15) is 11.6 Å².